The van der Waals surface area contributed by atoms with Gasteiger partial charge >= 0.3 is 0 Å². The van der Waals surface area contributed by atoms with Crippen molar-refractivity contribution in [3.05, 3.63) is 47.4 Å². The zero-order valence-electron chi connectivity index (χ0n) is 11.3. The molecule has 0 aliphatic rings. The molecule has 2 N–H and O–H groups in total. The first-order chi connectivity index (χ1) is 9.26. The summed E-state index contributed by atoms with van der Waals surface area (Å²) < 4.78 is 1.95. The van der Waals surface area contributed by atoms with Crippen LogP contribution in [-0.4, -0.2) is 9.55 Å². The third kappa shape index (κ3) is 2.97. The van der Waals surface area contributed by atoms with Gasteiger partial charge in [-0.2, -0.15) is 0 Å². The first kappa shape index (κ1) is 13.2. The van der Waals surface area contributed by atoms with Crippen molar-refractivity contribution in [2.45, 2.75) is 32.7 Å². The number of nitrogens with two attached hydrogens (primary N) is 1. The summed E-state index contributed by atoms with van der Waals surface area (Å²) in [6, 6.07) is 10.2. The van der Waals surface area contributed by atoms with Gasteiger partial charge < -0.3 is 10.3 Å². The van der Waals surface area contributed by atoms with Crippen molar-refractivity contribution < 1.29 is 0 Å². The average Bonchev–Trinajstić information content (AvgIpc) is 2.70. The number of benzene rings is 1. The molecule has 0 amide bonds. The van der Waals surface area contributed by atoms with Crippen LogP contribution in [0.2, 0.25) is 0 Å². The summed E-state index contributed by atoms with van der Waals surface area (Å²) in [5.41, 5.74) is 8.31. The summed E-state index contributed by atoms with van der Waals surface area (Å²) in [7, 11) is 0. The molecule has 0 unspecified atom stereocenters. The Bertz CT molecular complexity index is 576. The van der Waals surface area contributed by atoms with Crippen LogP contribution in [0.3, 0.4) is 0 Å². The first-order valence-corrected chi connectivity index (χ1v) is 6.57. The number of hydrogen-bond donors (Lipinski definition) is 1. The molecule has 0 aliphatic heterocycles. The summed E-state index contributed by atoms with van der Waals surface area (Å²) >= 11 is 0. The Kier molecular flexibility index (Phi) is 4.25. The molecule has 0 saturated carbocycles. The molecule has 1 heterocycles. The standard InChI is InChI=1S/C16H19N3/c1-3-8-15-18-14(16(17)19(15)11-4-2)12-13-9-6-5-7-10-13/h2,5-7,9-10H,3,8,11-12,17H2,1H3. The van der Waals surface area contributed by atoms with E-state index in [0.717, 1.165) is 30.8 Å². The van der Waals surface area contributed by atoms with E-state index in [1.165, 1.54) is 5.56 Å². The highest BCUT2D eigenvalue weighted by atomic mass is 15.1. The topological polar surface area (TPSA) is 43.8 Å². The van der Waals surface area contributed by atoms with Crippen LogP contribution >= 0.6 is 0 Å². The number of nitrogen functional groups attached to an aromatic ring is 1. The van der Waals surface area contributed by atoms with Gasteiger partial charge in [0.25, 0.3) is 0 Å². The Balaban J connectivity index is 2.31. The predicted molar refractivity (Wildman–Crippen MR) is 78.7 cm³/mol. The zero-order chi connectivity index (χ0) is 13.7. The Morgan fingerprint density at radius 3 is 2.68 bits per heavy atom. The highest BCUT2D eigenvalue weighted by Crippen LogP contribution is 2.19. The van der Waals surface area contributed by atoms with Crippen LogP contribution in [0, 0.1) is 12.3 Å². The van der Waals surface area contributed by atoms with Crippen molar-refractivity contribution in [1.29, 1.82) is 0 Å². The molecule has 0 spiro atoms. The van der Waals surface area contributed by atoms with E-state index in [0.29, 0.717) is 12.4 Å². The average molecular weight is 253 g/mol. The molecule has 0 bridgehead atoms. The third-order valence-corrected chi connectivity index (χ3v) is 3.10. The van der Waals surface area contributed by atoms with E-state index in [-0.39, 0.29) is 0 Å². The summed E-state index contributed by atoms with van der Waals surface area (Å²) in [6.07, 6.45) is 8.09. The fraction of sp³-hybridized carbons (Fsp3) is 0.312. The fourth-order valence-electron chi connectivity index (χ4n) is 2.17. The van der Waals surface area contributed by atoms with E-state index in [1.807, 2.05) is 22.8 Å². The minimum atomic E-state index is 0.489. The molecule has 2 aromatic rings. The number of nitrogens with zero attached hydrogens (tertiary/aromatic N) is 2. The van der Waals surface area contributed by atoms with Gasteiger partial charge in [0, 0.05) is 12.8 Å². The third-order valence-electron chi connectivity index (χ3n) is 3.10. The van der Waals surface area contributed by atoms with E-state index >= 15 is 0 Å². The van der Waals surface area contributed by atoms with Gasteiger partial charge in [-0.3, -0.25) is 0 Å². The maximum Gasteiger partial charge on any atom is 0.128 e. The van der Waals surface area contributed by atoms with Gasteiger partial charge in [0.1, 0.15) is 11.6 Å². The minimum absolute atomic E-state index is 0.489. The van der Waals surface area contributed by atoms with Gasteiger partial charge in [-0.15, -0.1) is 6.42 Å². The van der Waals surface area contributed by atoms with Crippen molar-refractivity contribution in [2.75, 3.05) is 5.73 Å². The molecule has 1 aromatic carbocycles. The molecule has 98 valence electrons. The van der Waals surface area contributed by atoms with Crippen LogP contribution in [0.4, 0.5) is 5.82 Å². The lowest BCUT2D eigenvalue weighted by Crippen LogP contribution is -2.06. The lowest BCUT2D eigenvalue weighted by atomic mass is 10.1. The van der Waals surface area contributed by atoms with Gasteiger partial charge in [0.2, 0.25) is 0 Å². The molecule has 2 rings (SSSR count). The van der Waals surface area contributed by atoms with Gasteiger partial charge in [0.05, 0.1) is 12.2 Å². The van der Waals surface area contributed by atoms with Crippen LogP contribution in [0.1, 0.15) is 30.4 Å². The molecule has 1 aromatic heterocycles. The second kappa shape index (κ2) is 6.10. The molecule has 0 radical (unpaired) electrons. The van der Waals surface area contributed by atoms with E-state index in [2.05, 4.69) is 30.0 Å². The number of aryl methyl sites for hydroxylation is 1. The lowest BCUT2D eigenvalue weighted by molar-refractivity contribution is 0.732. The number of hydrogen-bond acceptors (Lipinski definition) is 2. The van der Waals surface area contributed by atoms with E-state index in [1.54, 1.807) is 0 Å². The molecular formula is C16H19N3. The summed E-state index contributed by atoms with van der Waals surface area (Å²) in [6.45, 7) is 2.62. The molecular weight excluding hydrogens is 234 g/mol. The molecule has 0 saturated heterocycles. The van der Waals surface area contributed by atoms with Gasteiger partial charge in [0.15, 0.2) is 0 Å². The van der Waals surface area contributed by atoms with Crippen molar-refractivity contribution in [2.24, 2.45) is 0 Å². The molecule has 19 heavy (non-hydrogen) atoms. The monoisotopic (exact) mass is 253 g/mol. The number of imidazole rings is 1. The second-order valence-corrected chi connectivity index (χ2v) is 4.56. The van der Waals surface area contributed by atoms with Gasteiger partial charge in [-0.25, -0.2) is 4.98 Å². The van der Waals surface area contributed by atoms with Crippen LogP contribution in [0.5, 0.6) is 0 Å². The first-order valence-electron chi connectivity index (χ1n) is 6.57. The minimum Gasteiger partial charge on any atom is -0.384 e. The number of rotatable bonds is 5. The van der Waals surface area contributed by atoms with Crippen LogP contribution in [0.15, 0.2) is 30.3 Å². The second-order valence-electron chi connectivity index (χ2n) is 4.56. The van der Waals surface area contributed by atoms with Gasteiger partial charge in [-0.05, 0) is 12.0 Å². The quantitative estimate of drug-likeness (QED) is 0.832. The van der Waals surface area contributed by atoms with Crippen molar-refractivity contribution in [3.8, 4) is 12.3 Å². The summed E-state index contributed by atoms with van der Waals surface area (Å²) in [4.78, 5) is 4.66. The maximum atomic E-state index is 6.17. The van der Waals surface area contributed by atoms with Crippen LogP contribution < -0.4 is 5.73 Å². The Morgan fingerprint density at radius 1 is 1.32 bits per heavy atom. The predicted octanol–water partition coefficient (Wildman–Crippen LogP) is 2.64. The molecule has 0 fully saturated rings. The zero-order valence-corrected chi connectivity index (χ0v) is 11.3. The Hall–Kier alpha value is -2.21. The Morgan fingerprint density at radius 2 is 2.05 bits per heavy atom. The van der Waals surface area contributed by atoms with Crippen molar-refractivity contribution >= 4 is 5.82 Å². The molecule has 3 heteroatoms. The van der Waals surface area contributed by atoms with Crippen LogP contribution in [0.25, 0.3) is 0 Å². The Labute approximate surface area is 114 Å². The largest absolute Gasteiger partial charge is 0.384 e. The highest BCUT2D eigenvalue weighted by Gasteiger charge is 2.13. The number of aromatic nitrogens is 2. The lowest BCUT2D eigenvalue weighted by Gasteiger charge is -2.04. The van der Waals surface area contributed by atoms with Crippen LogP contribution in [-0.2, 0) is 19.4 Å². The summed E-state index contributed by atoms with van der Waals surface area (Å²) in [5, 5.41) is 0. The fourth-order valence-corrected chi connectivity index (χ4v) is 2.17. The summed E-state index contributed by atoms with van der Waals surface area (Å²) in [5.74, 6) is 4.33. The normalized spacial score (nSPS) is 10.3. The van der Waals surface area contributed by atoms with Crippen molar-refractivity contribution in [1.82, 2.24) is 9.55 Å². The van der Waals surface area contributed by atoms with Crippen molar-refractivity contribution in [3.63, 3.8) is 0 Å². The smallest absolute Gasteiger partial charge is 0.128 e. The molecule has 0 aliphatic carbocycles. The molecule has 0 atom stereocenters. The van der Waals surface area contributed by atoms with E-state index < -0.39 is 0 Å². The SMILES string of the molecule is C#CCn1c(CCC)nc(Cc2ccccc2)c1N. The number of terminal acetylenes is 1. The highest BCUT2D eigenvalue weighted by molar-refractivity contribution is 5.42. The van der Waals surface area contributed by atoms with Gasteiger partial charge in [-0.1, -0.05) is 43.2 Å². The van der Waals surface area contributed by atoms with E-state index in [4.69, 9.17) is 12.2 Å². The molecule has 3 nitrogen and oxygen atoms in total. The van der Waals surface area contributed by atoms with E-state index in [9.17, 15) is 0 Å². The number of anilines is 1. The maximum absolute atomic E-state index is 6.17.